The van der Waals surface area contributed by atoms with E-state index in [4.69, 9.17) is 4.74 Å². The van der Waals surface area contributed by atoms with E-state index in [0.717, 1.165) is 16.9 Å². The lowest BCUT2D eigenvalue weighted by atomic mass is 9.94. The molecule has 0 aliphatic carbocycles. The highest BCUT2D eigenvalue weighted by Crippen LogP contribution is 2.41. The van der Waals surface area contributed by atoms with Crippen LogP contribution >= 0.6 is 0 Å². The molecule has 1 fully saturated rings. The van der Waals surface area contributed by atoms with E-state index in [2.05, 4.69) is 0 Å². The van der Waals surface area contributed by atoms with Gasteiger partial charge < -0.3 is 14.7 Å². The summed E-state index contributed by atoms with van der Waals surface area (Å²) >= 11 is 0. The summed E-state index contributed by atoms with van der Waals surface area (Å²) in [7, 11) is 0. The Balaban J connectivity index is 1.60. The average Bonchev–Trinajstić information content (AvgIpc) is 3.38. The van der Waals surface area contributed by atoms with Gasteiger partial charge in [0.25, 0.3) is 17.4 Å². The molecule has 1 saturated heterocycles. The summed E-state index contributed by atoms with van der Waals surface area (Å²) in [5.74, 6) is -1.16. The van der Waals surface area contributed by atoms with Crippen LogP contribution in [0, 0.1) is 10.1 Å². The third kappa shape index (κ3) is 4.22. The third-order valence-electron chi connectivity index (χ3n) is 6.59. The Labute approximate surface area is 207 Å². The molecule has 36 heavy (non-hydrogen) atoms. The summed E-state index contributed by atoms with van der Waals surface area (Å²) < 4.78 is 5.73. The number of aliphatic hydroxyl groups excluding tert-OH is 1. The summed E-state index contributed by atoms with van der Waals surface area (Å²) in [6, 6.07) is 19.5. The van der Waals surface area contributed by atoms with Crippen LogP contribution in [0.4, 0.5) is 5.69 Å². The molecule has 8 nitrogen and oxygen atoms in total. The van der Waals surface area contributed by atoms with Crippen LogP contribution in [0.3, 0.4) is 0 Å². The van der Waals surface area contributed by atoms with Gasteiger partial charge in [-0.3, -0.25) is 19.7 Å². The van der Waals surface area contributed by atoms with Crippen molar-refractivity contribution in [1.29, 1.82) is 0 Å². The fourth-order valence-electron chi connectivity index (χ4n) is 4.88. The molecule has 5 rings (SSSR count). The fourth-order valence-corrected chi connectivity index (χ4v) is 4.88. The number of ether oxygens (including phenoxy) is 1. The smallest absolute Gasteiger partial charge is 0.295 e. The molecular formula is C28H24N2O6. The molecule has 0 unspecified atom stereocenters. The molecule has 3 aromatic rings. The maximum absolute atomic E-state index is 13.3. The van der Waals surface area contributed by atoms with E-state index in [1.165, 1.54) is 23.1 Å². The van der Waals surface area contributed by atoms with Crippen molar-refractivity contribution in [2.24, 2.45) is 0 Å². The molecule has 2 atom stereocenters. The summed E-state index contributed by atoms with van der Waals surface area (Å²) in [5.41, 5.74) is 2.41. The summed E-state index contributed by atoms with van der Waals surface area (Å²) in [6.07, 6.45) is 1.15. The van der Waals surface area contributed by atoms with Crippen molar-refractivity contribution < 1.29 is 24.4 Å². The van der Waals surface area contributed by atoms with E-state index < -0.39 is 22.7 Å². The first-order chi connectivity index (χ1) is 17.3. The zero-order valence-electron chi connectivity index (χ0n) is 19.6. The summed E-state index contributed by atoms with van der Waals surface area (Å²) in [5, 5.41) is 22.8. The Bertz CT molecular complexity index is 1400. The topological polar surface area (TPSA) is 110 Å². The van der Waals surface area contributed by atoms with Crippen molar-refractivity contribution in [2.75, 3.05) is 6.54 Å². The van der Waals surface area contributed by atoms with Gasteiger partial charge in [0, 0.05) is 30.7 Å². The van der Waals surface area contributed by atoms with Gasteiger partial charge in [0.1, 0.15) is 17.6 Å². The monoisotopic (exact) mass is 484 g/mol. The SMILES string of the molecule is C[C@H]1Cc2cc(/C(O)=C3\C(=O)C(=O)N(CCc4ccccc4)[C@H]3c3cccc([N+](=O)[O-])c3)ccc2O1. The quantitative estimate of drug-likeness (QED) is 0.180. The van der Waals surface area contributed by atoms with Crippen molar-refractivity contribution in [3.05, 3.63) is 111 Å². The molecule has 2 aliphatic heterocycles. The van der Waals surface area contributed by atoms with Crippen LogP contribution < -0.4 is 4.74 Å². The van der Waals surface area contributed by atoms with Gasteiger partial charge in [-0.15, -0.1) is 0 Å². The van der Waals surface area contributed by atoms with Crippen molar-refractivity contribution in [1.82, 2.24) is 4.90 Å². The van der Waals surface area contributed by atoms with Crippen LogP contribution in [0.2, 0.25) is 0 Å². The van der Waals surface area contributed by atoms with Gasteiger partial charge in [0.05, 0.1) is 16.5 Å². The first-order valence-corrected chi connectivity index (χ1v) is 11.7. The minimum absolute atomic E-state index is 0.00540. The fraction of sp³-hybridized carbons (Fsp3) is 0.214. The number of likely N-dealkylation sites (tertiary alicyclic amines) is 1. The number of ketones is 1. The second-order valence-electron chi connectivity index (χ2n) is 9.04. The molecule has 0 bridgehead atoms. The second kappa shape index (κ2) is 9.30. The van der Waals surface area contributed by atoms with Gasteiger partial charge in [-0.2, -0.15) is 0 Å². The van der Waals surface area contributed by atoms with Crippen LogP contribution in [-0.4, -0.2) is 39.3 Å². The molecule has 0 spiro atoms. The largest absolute Gasteiger partial charge is 0.507 e. The van der Waals surface area contributed by atoms with Gasteiger partial charge in [-0.1, -0.05) is 42.5 Å². The summed E-state index contributed by atoms with van der Waals surface area (Å²) in [4.78, 5) is 38.8. The summed E-state index contributed by atoms with van der Waals surface area (Å²) in [6.45, 7) is 2.15. The van der Waals surface area contributed by atoms with Crippen LogP contribution in [0.15, 0.2) is 78.4 Å². The van der Waals surface area contributed by atoms with Crippen LogP contribution in [0.5, 0.6) is 5.75 Å². The van der Waals surface area contributed by atoms with Gasteiger partial charge in [0.2, 0.25) is 0 Å². The number of aliphatic hydroxyl groups is 1. The minimum Gasteiger partial charge on any atom is -0.507 e. The predicted molar refractivity (Wildman–Crippen MR) is 132 cm³/mol. The van der Waals surface area contributed by atoms with Gasteiger partial charge >= 0.3 is 0 Å². The number of benzene rings is 3. The van der Waals surface area contributed by atoms with Crippen molar-refractivity contribution in [3.8, 4) is 5.75 Å². The number of rotatable bonds is 6. The van der Waals surface area contributed by atoms with Gasteiger partial charge in [0.15, 0.2) is 0 Å². The van der Waals surface area contributed by atoms with E-state index in [-0.39, 0.29) is 29.7 Å². The van der Waals surface area contributed by atoms with E-state index in [0.29, 0.717) is 24.0 Å². The normalized spacial score (nSPS) is 20.3. The molecule has 8 heteroatoms. The van der Waals surface area contributed by atoms with Crippen LogP contribution in [-0.2, 0) is 22.4 Å². The Morgan fingerprint density at radius 1 is 1.08 bits per heavy atom. The van der Waals surface area contributed by atoms with Gasteiger partial charge in [-0.25, -0.2) is 0 Å². The predicted octanol–water partition coefficient (Wildman–Crippen LogP) is 4.58. The molecular weight excluding hydrogens is 460 g/mol. The van der Waals surface area contributed by atoms with Crippen molar-refractivity contribution in [3.63, 3.8) is 0 Å². The number of hydrogen-bond acceptors (Lipinski definition) is 6. The zero-order chi connectivity index (χ0) is 25.4. The lowest BCUT2D eigenvalue weighted by molar-refractivity contribution is -0.384. The van der Waals surface area contributed by atoms with E-state index in [1.807, 2.05) is 37.3 Å². The first kappa shape index (κ1) is 23.3. The lowest BCUT2D eigenvalue weighted by Crippen LogP contribution is -2.31. The molecule has 2 aliphatic rings. The van der Waals surface area contributed by atoms with E-state index >= 15 is 0 Å². The number of Topliss-reactive ketones (excluding diaryl/α,β-unsaturated/α-hetero) is 1. The molecule has 182 valence electrons. The highest BCUT2D eigenvalue weighted by molar-refractivity contribution is 6.46. The second-order valence-corrected chi connectivity index (χ2v) is 9.04. The Hall–Kier alpha value is -4.46. The maximum Gasteiger partial charge on any atom is 0.295 e. The number of carbonyl (C=O) groups is 2. The third-order valence-corrected chi connectivity index (χ3v) is 6.59. The van der Waals surface area contributed by atoms with E-state index in [9.17, 15) is 24.8 Å². The molecule has 3 aromatic carbocycles. The molecule has 1 N–H and O–H groups in total. The number of nitrogens with zero attached hydrogens (tertiary/aromatic N) is 2. The number of non-ortho nitro benzene ring substituents is 1. The molecule has 0 aromatic heterocycles. The Morgan fingerprint density at radius 2 is 1.86 bits per heavy atom. The van der Waals surface area contributed by atoms with Crippen molar-refractivity contribution in [2.45, 2.75) is 31.9 Å². The van der Waals surface area contributed by atoms with Crippen LogP contribution in [0.25, 0.3) is 5.76 Å². The number of amides is 1. The number of carbonyl (C=O) groups excluding carboxylic acids is 2. The Morgan fingerprint density at radius 3 is 2.61 bits per heavy atom. The first-order valence-electron chi connectivity index (χ1n) is 11.7. The number of nitro groups is 1. The number of hydrogen-bond donors (Lipinski definition) is 1. The highest BCUT2D eigenvalue weighted by Gasteiger charge is 2.46. The molecule has 0 saturated carbocycles. The molecule has 0 radical (unpaired) electrons. The zero-order valence-corrected chi connectivity index (χ0v) is 19.6. The standard InChI is InChI=1S/C28H24N2O6/c1-17-14-21-15-20(10-11-23(21)36-17)26(31)24-25(19-8-5-9-22(16-19)30(34)35)29(28(33)27(24)32)13-12-18-6-3-2-4-7-18/h2-11,15-17,25,31H,12-14H2,1H3/b26-24+/t17-,25-/m0/s1. The molecule has 1 amide bonds. The average molecular weight is 485 g/mol. The lowest BCUT2D eigenvalue weighted by Gasteiger charge is -2.25. The molecule has 2 heterocycles. The maximum atomic E-state index is 13.3. The van der Waals surface area contributed by atoms with Crippen LogP contribution in [0.1, 0.15) is 35.2 Å². The minimum atomic E-state index is -0.961. The highest BCUT2D eigenvalue weighted by atomic mass is 16.6. The van der Waals surface area contributed by atoms with Crippen molar-refractivity contribution >= 4 is 23.1 Å². The number of fused-ring (bicyclic) bond motifs is 1. The van der Waals surface area contributed by atoms with Gasteiger partial charge in [-0.05, 0) is 48.2 Å². The number of nitro benzene ring substituents is 1. The van der Waals surface area contributed by atoms with E-state index in [1.54, 1.807) is 24.3 Å². The Kier molecular flexibility index (Phi) is 6.01.